The van der Waals surface area contributed by atoms with Crippen molar-refractivity contribution in [3.63, 3.8) is 0 Å². The molecule has 1 unspecified atom stereocenters. The number of rotatable bonds is 3. The molecule has 13 heavy (non-hydrogen) atoms. The molecule has 0 amide bonds. The lowest BCUT2D eigenvalue weighted by Gasteiger charge is -2.06. The van der Waals surface area contributed by atoms with Gasteiger partial charge in [0.2, 0.25) is 0 Å². The molecule has 0 aliphatic heterocycles. The molecule has 0 fully saturated rings. The van der Waals surface area contributed by atoms with Crippen molar-refractivity contribution in [2.45, 2.75) is 19.6 Å². The highest BCUT2D eigenvalue weighted by Gasteiger charge is 2.07. The van der Waals surface area contributed by atoms with Gasteiger partial charge in [-0.2, -0.15) is 0 Å². The smallest absolute Gasteiger partial charge is 0.322 e. The molecule has 1 aromatic rings. The van der Waals surface area contributed by atoms with Gasteiger partial charge in [-0.05, 0) is 12.5 Å². The van der Waals surface area contributed by atoms with E-state index in [1.165, 1.54) is 0 Å². The lowest BCUT2D eigenvalue weighted by molar-refractivity contribution is -0.146. The average molecular weight is 179 g/mol. The Balaban J connectivity index is 2.40. The fourth-order valence-electron chi connectivity index (χ4n) is 0.860. The van der Waals surface area contributed by atoms with Crippen LogP contribution in [0.3, 0.4) is 0 Å². The first-order chi connectivity index (χ1) is 6.20. The van der Waals surface area contributed by atoms with E-state index in [0.717, 1.165) is 5.56 Å². The maximum atomic E-state index is 11.0. The van der Waals surface area contributed by atoms with Gasteiger partial charge in [-0.1, -0.05) is 30.3 Å². The van der Waals surface area contributed by atoms with Crippen LogP contribution in [-0.4, -0.2) is 12.0 Å². The minimum atomic E-state index is -0.552. The average Bonchev–Trinajstić information content (AvgIpc) is 2.15. The van der Waals surface area contributed by atoms with Crippen LogP contribution in [0.15, 0.2) is 30.3 Å². The summed E-state index contributed by atoms with van der Waals surface area (Å²) in [6.07, 6.45) is 0. The monoisotopic (exact) mass is 179 g/mol. The van der Waals surface area contributed by atoms with Gasteiger partial charge in [0, 0.05) is 0 Å². The summed E-state index contributed by atoms with van der Waals surface area (Å²) in [5, 5.41) is 0. The van der Waals surface area contributed by atoms with E-state index in [-0.39, 0.29) is 5.97 Å². The molecule has 0 aliphatic rings. The van der Waals surface area contributed by atoms with Crippen LogP contribution in [-0.2, 0) is 16.1 Å². The van der Waals surface area contributed by atoms with E-state index < -0.39 is 6.04 Å². The molecule has 0 saturated carbocycles. The summed E-state index contributed by atoms with van der Waals surface area (Å²) in [7, 11) is 0. The summed E-state index contributed by atoms with van der Waals surface area (Å²) in [6.45, 7) is 1.90. The molecule has 0 aliphatic carbocycles. The van der Waals surface area contributed by atoms with Gasteiger partial charge >= 0.3 is 5.97 Å². The molecule has 1 rings (SSSR count). The zero-order valence-corrected chi connectivity index (χ0v) is 7.57. The summed E-state index contributed by atoms with van der Waals surface area (Å²) in [4.78, 5) is 11.0. The molecule has 3 nitrogen and oxygen atoms in total. The van der Waals surface area contributed by atoms with Crippen molar-refractivity contribution in [1.29, 1.82) is 0 Å². The number of benzene rings is 1. The summed E-state index contributed by atoms with van der Waals surface area (Å²) >= 11 is 0. The van der Waals surface area contributed by atoms with Gasteiger partial charge in [0.15, 0.2) is 0 Å². The number of hydrogen-bond donors (Lipinski definition) is 1. The van der Waals surface area contributed by atoms with Crippen LogP contribution < -0.4 is 5.73 Å². The lowest BCUT2D eigenvalue weighted by atomic mass is 10.2. The Kier molecular flexibility index (Phi) is 3.46. The summed E-state index contributed by atoms with van der Waals surface area (Å²) in [6, 6.07) is 8.95. The first-order valence-corrected chi connectivity index (χ1v) is 4.16. The van der Waals surface area contributed by atoms with E-state index in [4.69, 9.17) is 10.5 Å². The number of hydrogen-bond acceptors (Lipinski definition) is 3. The van der Waals surface area contributed by atoms with E-state index >= 15 is 0 Å². The first kappa shape index (κ1) is 9.74. The SMILES string of the molecule is CC(N)C(=O)OCc1ccccc1. The Bertz CT molecular complexity index is 270. The molecule has 0 radical (unpaired) electrons. The van der Waals surface area contributed by atoms with E-state index in [1.54, 1.807) is 6.92 Å². The Labute approximate surface area is 77.5 Å². The predicted molar refractivity (Wildman–Crippen MR) is 49.9 cm³/mol. The minimum absolute atomic E-state index is 0.293. The minimum Gasteiger partial charge on any atom is -0.460 e. The molecule has 70 valence electrons. The number of carbonyl (C=O) groups excluding carboxylic acids is 1. The standard InChI is InChI=1S/C10H13NO2/c1-8(11)10(12)13-7-9-5-3-2-4-6-9/h2-6,8H,7,11H2,1H3. The number of nitrogens with two attached hydrogens (primary N) is 1. The van der Waals surface area contributed by atoms with Crippen LogP contribution >= 0.6 is 0 Å². The van der Waals surface area contributed by atoms with Crippen molar-refractivity contribution < 1.29 is 9.53 Å². The largest absolute Gasteiger partial charge is 0.460 e. The van der Waals surface area contributed by atoms with Crippen LogP contribution in [0.25, 0.3) is 0 Å². The van der Waals surface area contributed by atoms with Crippen molar-refractivity contribution in [3.05, 3.63) is 35.9 Å². The second-order valence-electron chi connectivity index (χ2n) is 2.88. The molecule has 0 saturated heterocycles. The zero-order chi connectivity index (χ0) is 9.68. The molecule has 0 heterocycles. The van der Waals surface area contributed by atoms with E-state index in [0.29, 0.717) is 6.61 Å². The molecular weight excluding hydrogens is 166 g/mol. The molecule has 3 heteroatoms. The first-order valence-electron chi connectivity index (χ1n) is 4.16. The van der Waals surface area contributed by atoms with E-state index in [1.807, 2.05) is 30.3 Å². The highest BCUT2D eigenvalue weighted by Crippen LogP contribution is 2.00. The topological polar surface area (TPSA) is 52.3 Å². The summed E-state index contributed by atoms with van der Waals surface area (Å²) in [5.41, 5.74) is 6.29. The van der Waals surface area contributed by atoms with Crippen LogP contribution in [0.5, 0.6) is 0 Å². The number of esters is 1. The van der Waals surface area contributed by atoms with Gasteiger partial charge in [0.05, 0.1) is 0 Å². The Morgan fingerprint density at radius 2 is 2.08 bits per heavy atom. The Morgan fingerprint density at radius 1 is 1.46 bits per heavy atom. The third-order valence-electron chi connectivity index (χ3n) is 1.60. The third kappa shape index (κ3) is 3.25. The lowest BCUT2D eigenvalue weighted by Crippen LogP contribution is -2.28. The Hall–Kier alpha value is -1.35. The number of carbonyl (C=O) groups is 1. The normalized spacial score (nSPS) is 12.2. The van der Waals surface area contributed by atoms with Crippen molar-refractivity contribution in [3.8, 4) is 0 Å². The highest BCUT2D eigenvalue weighted by molar-refractivity contribution is 5.74. The zero-order valence-electron chi connectivity index (χ0n) is 7.57. The maximum absolute atomic E-state index is 11.0. The van der Waals surface area contributed by atoms with Gasteiger partial charge in [-0.3, -0.25) is 4.79 Å². The van der Waals surface area contributed by atoms with Crippen molar-refractivity contribution >= 4 is 5.97 Å². The predicted octanol–water partition coefficient (Wildman–Crippen LogP) is 1.08. The quantitative estimate of drug-likeness (QED) is 0.706. The molecule has 0 bridgehead atoms. The fraction of sp³-hybridized carbons (Fsp3) is 0.300. The van der Waals surface area contributed by atoms with Crippen molar-refractivity contribution in [2.75, 3.05) is 0 Å². The van der Waals surface area contributed by atoms with Crippen molar-refractivity contribution in [2.24, 2.45) is 5.73 Å². The molecule has 1 aromatic carbocycles. The van der Waals surface area contributed by atoms with Crippen LogP contribution in [0.1, 0.15) is 12.5 Å². The molecule has 0 aromatic heterocycles. The Morgan fingerprint density at radius 3 is 2.62 bits per heavy atom. The molecule has 1 atom stereocenters. The van der Waals surface area contributed by atoms with Gasteiger partial charge < -0.3 is 10.5 Å². The molecule has 2 N–H and O–H groups in total. The van der Waals surface area contributed by atoms with Crippen LogP contribution in [0, 0.1) is 0 Å². The van der Waals surface area contributed by atoms with Crippen molar-refractivity contribution in [1.82, 2.24) is 0 Å². The van der Waals surface area contributed by atoms with Gasteiger partial charge in [0.25, 0.3) is 0 Å². The maximum Gasteiger partial charge on any atom is 0.322 e. The highest BCUT2D eigenvalue weighted by atomic mass is 16.5. The van der Waals surface area contributed by atoms with Gasteiger partial charge in [0.1, 0.15) is 12.6 Å². The fourth-order valence-corrected chi connectivity index (χ4v) is 0.860. The third-order valence-corrected chi connectivity index (χ3v) is 1.60. The molecule has 0 spiro atoms. The number of ether oxygens (including phenoxy) is 1. The molecular formula is C10H13NO2. The van der Waals surface area contributed by atoms with E-state index in [9.17, 15) is 4.79 Å². The van der Waals surface area contributed by atoms with Crippen LogP contribution in [0.2, 0.25) is 0 Å². The summed E-state index contributed by atoms with van der Waals surface area (Å²) in [5.74, 6) is -0.371. The second-order valence-corrected chi connectivity index (χ2v) is 2.88. The second kappa shape index (κ2) is 4.62. The van der Waals surface area contributed by atoms with E-state index in [2.05, 4.69) is 0 Å². The van der Waals surface area contributed by atoms with Gasteiger partial charge in [-0.15, -0.1) is 0 Å². The summed E-state index contributed by atoms with van der Waals surface area (Å²) < 4.78 is 4.93. The van der Waals surface area contributed by atoms with Crippen LogP contribution in [0.4, 0.5) is 0 Å². The van der Waals surface area contributed by atoms with Gasteiger partial charge in [-0.25, -0.2) is 0 Å².